The summed E-state index contributed by atoms with van der Waals surface area (Å²) in [6, 6.07) is 12.3. The molecule has 17 heavy (non-hydrogen) atoms. The van der Waals surface area contributed by atoms with Crippen LogP contribution in [0.2, 0.25) is 0 Å². The van der Waals surface area contributed by atoms with E-state index in [4.69, 9.17) is 5.73 Å². The minimum absolute atomic E-state index is 0.838. The molecule has 0 aliphatic heterocycles. The molecule has 0 aliphatic rings. The molecule has 1 aromatic carbocycles. The van der Waals surface area contributed by atoms with Crippen LogP contribution >= 0.6 is 27.3 Å². The molecule has 0 bridgehead atoms. The minimum Gasteiger partial charge on any atom is -0.399 e. The van der Waals surface area contributed by atoms with Crippen LogP contribution in [0.1, 0.15) is 10.4 Å². The third-order valence-electron chi connectivity index (χ3n) is 2.47. The second-order valence-corrected chi connectivity index (χ2v) is 6.43. The molecule has 2 nitrogen and oxygen atoms in total. The van der Waals surface area contributed by atoms with Gasteiger partial charge in [0.05, 0.1) is 3.79 Å². The fourth-order valence-electron chi connectivity index (χ4n) is 1.64. The Balaban J connectivity index is 1.73. The summed E-state index contributed by atoms with van der Waals surface area (Å²) in [5, 5.41) is 3.43. The number of hydrogen-bond acceptors (Lipinski definition) is 3. The van der Waals surface area contributed by atoms with Crippen LogP contribution in [0.25, 0.3) is 0 Å². The highest BCUT2D eigenvalue weighted by molar-refractivity contribution is 9.11. The zero-order chi connectivity index (χ0) is 12.1. The number of nitrogens with two attached hydrogens (primary N) is 1. The summed E-state index contributed by atoms with van der Waals surface area (Å²) >= 11 is 5.23. The second-order valence-electron chi connectivity index (χ2n) is 3.88. The van der Waals surface area contributed by atoms with Gasteiger partial charge in [0.15, 0.2) is 0 Å². The normalized spacial score (nSPS) is 10.6. The zero-order valence-corrected chi connectivity index (χ0v) is 11.9. The molecule has 0 spiro atoms. The van der Waals surface area contributed by atoms with Gasteiger partial charge in [-0.2, -0.15) is 0 Å². The molecule has 0 amide bonds. The van der Waals surface area contributed by atoms with Crippen LogP contribution in [0.5, 0.6) is 0 Å². The lowest BCUT2D eigenvalue weighted by atomic mass is 10.1. The number of thiophene rings is 1. The van der Waals surface area contributed by atoms with E-state index < -0.39 is 0 Å². The van der Waals surface area contributed by atoms with E-state index >= 15 is 0 Å². The molecule has 0 unspecified atom stereocenters. The molecule has 4 heteroatoms. The van der Waals surface area contributed by atoms with Gasteiger partial charge in [-0.05, 0) is 58.7 Å². The van der Waals surface area contributed by atoms with Gasteiger partial charge in [-0.3, -0.25) is 0 Å². The molecular formula is C13H15BrN2S. The lowest BCUT2D eigenvalue weighted by Gasteiger charge is -2.04. The summed E-state index contributed by atoms with van der Waals surface area (Å²) in [6.45, 7) is 1.90. The van der Waals surface area contributed by atoms with Crippen LogP contribution < -0.4 is 11.1 Å². The van der Waals surface area contributed by atoms with Crippen LogP contribution in [0.15, 0.2) is 40.2 Å². The third kappa shape index (κ3) is 4.15. The van der Waals surface area contributed by atoms with Crippen molar-refractivity contribution in [3.63, 3.8) is 0 Å². The van der Waals surface area contributed by atoms with Crippen molar-refractivity contribution in [3.05, 3.63) is 50.6 Å². The summed E-state index contributed by atoms with van der Waals surface area (Å²) in [7, 11) is 0. The van der Waals surface area contributed by atoms with E-state index in [0.29, 0.717) is 0 Å². The van der Waals surface area contributed by atoms with E-state index in [1.54, 1.807) is 11.3 Å². The predicted molar refractivity (Wildman–Crippen MR) is 78.3 cm³/mol. The van der Waals surface area contributed by atoms with Gasteiger partial charge in [-0.25, -0.2) is 0 Å². The van der Waals surface area contributed by atoms with E-state index in [9.17, 15) is 0 Å². The average molecular weight is 311 g/mol. The smallest absolute Gasteiger partial charge is 0.0701 e. The van der Waals surface area contributed by atoms with Gasteiger partial charge in [-0.1, -0.05) is 12.1 Å². The van der Waals surface area contributed by atoms with Gasteiger partial charge in [0.25, 0.3) is 0 Å². The fraction of sp³-hybridized carbons (Fsp3) is 0.231. The molecule has 0 radical (unpaired) electrons. The van der Waals surface area contributed by atoms with Crippen LogP contribution in [-0.2, 0) is 13.0 Å². The topological polar surface area (TPSA) is 38.0 Å². The van der Waals surface area contributed by atoms with Crippen molar-refractivity contribution in [1.29, 1.82) is 0 Å². The van der Waals surface area contributed by atoms with E-state index in [1.165, 1.54) is 14.2 Å². The Bertz CT molecular complexity index is 482. The summed E-state index contributed by atoms with van der Waals surface area (Å²) < 4.78 is 1.19. The van der Waals surface area contributed by atoms with Crippen LogP contribution in [0.4, 0.5) is 5.69 Å². The summed E-state index contributed by atoms with van der Waals surface area (Å²) in [4.78, 5) is 1.35. The Kier molecular flexibility index (Phi) is 4.59. The monoisotopic (exact) mass is 310 g/mol. The SMILES string of the molecule is Nc1cccc(CCNCc2ccc(Br)s2)c1. The lowest BCUT2D eigenvalue weighted by Crippen LogP contribution is -2.15. The molecule has 0 saturated carbocycles. The van der Waals surface area contributed by atoms with Crippen molar-refractivity contribution in [3.8, 4) is 0 Å². The number of anilines is 1. The van der Waals surface area contributed by atoms with Gasteiger partial charge in [-0.15, -0.1) is 11.3 Å². The van der Waals surface area contributed by atoms with E-state index in [0.717, 1.165) is 25.2 Å². The maximum atomic E-state index is 5.73. The second kappa shape index (κ2) is 6.19. The fourth-order valence-corrected chi connectivity index (χ4v) is 3.09. The molecule has 3 N–H and O–H groups in total. The Morgan fingerprint density at radius 2 is 2.12 bits per heavy atom. The molecular weight excluding hydrogens is 296 g/mol. The molecule has 1 aromatic heterocycles. The first-order chi connectivity index (χ1) is 8.24. The van der Waals surface area contributed by atoms with E-state index in [1.807, 2.05) is 18.2 Å². The molecule has 2 rings (SSSR count). The highest BCUT2D eigenvalue weighted by Gasteiger charge is 1.97. The standard InChI is InChI=1S/C13H15BrN2S/c14-13-5-4-12(17-13)9-16-7-6-10-2-1-3-11(15)8-10/h1-5,8,16H,6-7,9,15H2. The predicted octanol–water partition coefficient (Wildman–Crippen LogP) is 3.43. The number of hydrogen-bond donors (Lipinski definition) is 2. The number of rotatable bonds is 5. The molecule has 0 atom stereocenters. The highest BCUT2D eigenvalue weighted by Crippen LogP contribution is 2.21. The minimum atomic E-state index is 0.838. The van der Waals surface area contributed by atoms with Crippen molar-refractivity contribution in [2.24, 2.45) is 0 Å². The van der Waals surface area contributed by atoms with Gasteiger partial charge in [0.1, 0.15) is 0 Å². The van der Waals surface area contributed by atoms with Crippen LogP contribution in [-0.4, -0.2) is 6.54 Å². The van der Waals surface area contributed by atoms with Crippen LogP contribution in [0, 0.1) is 0 Å². The molecule has 2 aromatic rings. The molecule has 90 valence electrons. The number of nitrogen functional groups attached to an aromatic ring is 1. The molecule has 0 fully saturated rings. The Labute approximate surface area is 114 Å². The van der Waals surface area contributed by atoms with Gasteiger partial charge >= 0.3 is 0 Å². The lowest BCUT2D eigenvalue weighted by molar-refractivity contribution is 0.694. The molecule has 0 aliphatic carbocycles. The van der Waals surface area contributed by atoms with Crippen molar-refractivity contribution in [1.82, 2.24) is 5.32 Å². The van der Waals surface area contributed by atoms with Crippen molar-refractivity contribution >= 4 is 33.0 Å². The Hall–Kier alpha value is -0.840. The number of benzene rings is 1. The van der Waals surface area contributed by atoms with Gasteiger partial charge < -0.3 is 11.1 Å². The summed E-state index contributed by atoms with van der Waals surface area (Å²) in [5.41, 5.74) is 7.85. The Morgan fingerprint density at radius 3 is 2.82 bits per heavy atom. The zero-order valence-electron chi connectivity index (χ0n) is 9.45. The maximum absolute atomic E-state index is 5.73. The quantitative estimate of drug-likeness (QED) is 0.656. The maximum Gasteiger partial charge on any atom is 0.0701 e. The summed E-state index contributed by atoms with van der Waals surface area (Å²) in [6.07, 6.45) is 1.01. The van der Waals surface area contributed by atoms with Gasteiger partial charge in [0.2, 0.25) is 0 Å². The first-order valence-electron chi connectivity index (χ1n) is 5.53. The summed E-state index contributed by atoms with van der Waals surface area (Å²) in [5.74, 6) is 0. The van der Waals surface area contributed by atoms with Crippen molar-refractivity contribution in [2.75, 3.05) is 12.3 Å². The first-order valence-corrected chi connectivity index (χ1v) is 7.14. The number of halogens is 1. The molecule has 0 saturated heterocycles. The Morgan fingerprint density at radius 1 is 1.24 bits per heavy atom. The molecule has 1 heterocycles. The van der Waals surface area contributed by atoms with E-state index in [2.05, 4.69) is 39.4 Å². The van der Waals surface area contributed by atoms with E-state index in [-0.39, 0.29) is 0 Å². The van der Waals surface area contributed by atoms with Crippen LogP contribution in [0.3, 0.4) is 0 Å². The largest absolute Gasteiger partial charge is 0.399 e. The number of nitrogens with one attached hydrogen (secondary N) is 1. The third-order valence-corrected chi connectivity index (χ3v) is 4.09. The van der Waals surface area contributed by atoms with Crippen molar-refractivity contribution in [2.45, 2.75) is 13.0 Å². The highest BCUT2D eigenvalue weighted by atomic mass is 79.9. The first kappa shape index (κ1) is 12.6. The van der Waals surface area contributed by atoms with Crippen molar-refractivity contribution < 1.29 is 0 Å². The average Bonchev–Trinajstić information content (AvgIpc) is 2.71. The van der Waals surface area contributed by atoms with Gasteiger partial charge in [0, 0.05) is 17.1 Å².